The molecule has 0 aliphatic heterocycles. The summed E-state index contributed by atoms with van der Waals surface area (Å²) in [4.78, 5) is 4.46. The third-order valence-corrected chi connectivity index (χ3v) is 3.20. The van der Waals surface area contributed by atoms with Crippen LogP contribution in [-0.2, 0) is 14.1 Å². The van der Waals surface area contributed by atoms with Crippen LogP contribution in [0.25, 0.3) is 0 Å². The number of aromatic nitrogens is 4. The van der Waals surface area contributed by atoms with Crippen molar-refractivity contribution in [2.24, 2.45) is 14.1 Å². The Balaban J connectivity index is 2.33. The highest BCUT2D eigenvalue weighted by molar-refractivity contribution is 5.28. The van der Waals surface area contributed by atoms with E-state index in [9.17, 15) is 0 Å². The molecular weight excluding hydrogens is 226 g/mol. The van der Waals surface area contributed by atoms with E-state index in [1.54, 1.807) is 0 Å². The molecule has 2 heterocycles. The van der Waals surface area contributed by atoms with Crippen molar-refractivity contribution < 1.29 is 0 Å². The zero-order chi connectivity index (χ0) is 13.1. The zero-order valence-electron chi connectivity index (χ0n) is 11.5. The van der Waals surface area contributed by atoms with E-state index in [0.717, 1.165) is 18.7 Å². The van der Waals surface area contributed by atoms with Gasteiger partial charge in [0.1, 0.15) is 0 Å². The maximum atomic E-state index is 4.46. The Morgan fingerprint density at radius 3 is 2.67 bits per heavy atom. The van der Waals surface area contributed by atoms with Crippen LogP contribution < -0.4 is 5.32 Å². The molecule has 0 aromatic carbocycles. The van der Waals surface area contributed by atoms with Crippen LogP contribution in [0.4, 0.5) is 0 Å². The summed E-state index contributed by atoms with van der Waals surface area (Å²) in [6.07, 6.45) is 6.92. The van der Waals surface area contributed by atoms with Gasteiger partial charge in [0.2, 0.25) is 0 Å². The highest BCUT2D eigenvalue weighted by Gasteiger charge is 2.20. The molecule has 0 amide bonds. The summed E-state index contributed by atoms with van der Waals surface area (Å²) in [6, 6.07) is 0.125. The normalized spacial score (nSPS) is 12.9. The van der Waals surface area contributed by atoms with Crippen molar-refractivity contribution in [1.29, 1.82) is 0 Å². The van der Waals surface area contributed by atoms with E-state index in [-0.39, 0.29) is 6.04 Å². The average Bonchev–Trinajstić information content (AvgIpc) is 2.90. The molecular formula is C13H21N5. The van der Waals surface area contributed by atoms with Crippen molar-refractivity contribution in [2.45, 2.75) is 26.3 Å². The van der Waals surface area contributed by atoms with Crippen LogP contribution in [0.2, 0.25) is 0 Å². The number of rotatable bonds is 5. The lowest BCUT2D eigenvalue weighted by atomic mass is 10.1. The number of imidazole rings is 1. The Morgan fingerprint density at radius 2 is 2.17 bits per heavy atom. The summed E-state index contributed by atoms with van der Waals surface area (Å²) < 4.78 is 3.88. The zero-order valence-corrected chi connectivity index (χ0v) is 11.5. The highest BCUT2D eigenvalue weighted by Crippen LogP contribution is 2.23. The second-order valence-electron chi connectivity index (χ2n) is 4.66. The topological polar surface area (TPSA) is 47.7 Å². The van der Waals surface area contributed by atoms with Crippen LogP contribution in [0.1, 0.15) is 36.3 Å². The summed E-state index contributed by atoms with van der Waals surface area (Å²) in [7, 11) is 3.96. The van der Waals surface area contributed by atoms with Gasteiger partial charge in [-0.2, -0.15) is 5.10 Å². The van der Waals surface area contributed by atoms with Crippen molar-refractivity contribution in [2.75, 3.05) is 6.54 Å². The molecule has 0 saturated heterocycles. The van der Waals surface area contributed by atoms with E-state index in [1.807, 2.05) is 35.9 Å². The SMILES string of the molecule is CCCNC(c1cn(C)cn1)c1cnn(C)c1C. The maximum Gasteiger partial charge on any atom is 0.0947 e. The Bertz CT molecular complexity index is 511. The van der Waals surface area contributed by atoms with Crippen LogP contribution in [0.5, 0.6) is 0 Å². The molecule has 0 aliphatic rings. The molecule has 2 rings (SSSR count). The first kappa shape index (κ1) is 12.8. The first-order chi connectivity index (χ1) is 8.63. The Kier molecular flexibility index (Phi) is 3.81. The van der Waals surface area contributed by atoms with Gasteiger partial charge in [0.15, 0.2) is 0 Å². The Labute approximate surface area is 108 Å². The van der Waals surface area contributed by atoms with Gasteiger partial charge in [-0.1, -0.05) is 6.92 Å². The van der Waals surface area contributed by atoms with E-state index < -0.39 is 0 Å². The number of nitrogens with one attached hydrogen (secondary N) is 1. The number of hydrogen-bond acceptors (Lipinski definition) is 3. The fourth-order valence-corrected chi connectivity index (χ4v) is 2.04. The lowest BCUT2D eigenvalue weighted by Gasteiger charge is -2.16. The standard InChI is InChI=1S/C13H21N5/c1-5-6-14-13(12-8-17(3)9-15-12)11-7-16-18(4)10(11)2/h7-9,13-14H,5-6H2,1-4H3. The van der Waals surface area contributed by atoms with Crippen LogP contribution >= 0.6 is 0 Å². The van der Waals surface area contributed by atoms with Gasteiger partial charge in [0.05, 0.1) is 24.3 Å². The molecule has 0 saturated carbocycles. The van der Waals surface area contributed by atoms with Gasteiger partial charge in [-0.25, -0.2) is 4.98 Å². The summed E-state index contributed by atoms with van der Waals surface area (Å²) in [5.41, 5.74) is 3.42. The average molecular weight is 247 g/mol. The third kappa shape index (κ3) is 2.46. The van der Waals surface area contributed by atoms with Gasteiger partial charge < -0.3 is 9.88 Å². The van der Waals surface area contributed by atoms with Crippen molar-refractivity contribution in [3.8, 4) is 0 Å². The first-order valence-electron chi connectivity index (χ1n) is 6.33. The van der Waals surface area contributed by atoms with Gasteiger partial charge in [0.25, 0.3) is 0 Å². The minimum Gasteiger partial charge on any atom is -0.340 e. The fourth-order valence-electron chi connectivity index (χ4n) is 2.04. The predicted octanol–water partition coefficient (Wildman–Crippen LogP) is 1.55. The largest absolute Gasteiger partial charge is 0.340 e. The second kappa shape index (κ2) is 5.35. The summed E-state index contributed by atoms with van der Waals surface area (Å²) in [5, 5.41) is 7.86. The van der Waals surface area contributed by atoms with Crippen LogP contribution in [0, 0.1) is 6.92 Å². The molecule has 1 unspecified atom stereocenters. The molecule has 0 aliphatic carbocycles. The van der Waals surface area contributed by atoms with E-state index in [2.05, 4.69) is 35.4 Å². The Morgan fingerprint density at radius 1 is 1.39 bits per heavy atom. The summed E-state index contributed by atoms with van der Waals surface area (Å²) >= 11 is 0. The van der Waals surface area contributed by atoms with Gasteiger partial charge in [-0.05, 0) is 19.9 Å². The fraction of sp³-hybridized carbons (Fsp3) is 0.538. The van der Waals surface area contributed by atoms with Crippen molar-refractivity contribution in [3.63, 3.8) is 0 Å². The van der Waals surface area contributed by atoms with Crippen LogP contribution in [0.3, 0.4) is 0 Å². The van der Waals surface area contributed by atoms with Gasteiger partial charge in [0, 0.05) is 31.5 Å². The third-order valence-electron chi connectivity index (χ3n) is 3.20. The van der Waals surface area contributed by atoms with Gasteiger partial charge in [-0.15, -0.1) is 0 Å². The Hall–Kier alpha value is -1.62. The molecule has 1 N–H and O–H groups in total. The number of nitrogens with zero attached hydrogens (tertiary/aromatic N) is 4. The lowest BCUT2D eigenvalue weighted by molar-refractivity contribution is 0.584. The molecule has 5 heteroatoms. The lowest BCUT2D eigenvalue weighted by Crippen LogP contribution is -2.24. The van der Waals surface area contributed by atoms with E-state index in [0.29, 0.717) is 0 Å². The molecule has 0 fully saturated rings. The smallest absolute Gasteiger partial charge is 0.0947 e. The van der Waals surface area contributed by atoms with Gasteiger partial charge in [-0.3, -0.25) is 4.68 Å². The quantitative estimate of drug-likeness (QED) is 0.872. The summed E-state index contributed by atoms with van der Waals surface area (Å²) in [6.45, 7) is 5.22. The minimum absolute atomic E-state index is 0.125. The van der Waals surface area contributed by atoms with E-state index >= 15 is 0 Å². The maximum absolute atomic E-state index is 4.46. The molecule has 5 nitrogen and oxygen atoms in total. The molecule has 2 aromatic rings. The molecule has 0 spiro atoms. The van der Waals surface area contributed by atoms with Crippen molar-refractivity contribution in [3.05, 3.63) is 35.7 Å². The van der Waals surface area contributed by atoms with Crippen LogP contribution in [-0.4, -0.2) is 25.9 Å². The first-order valence-corrected chi connectivity index (χ1v) is 6.33. The van der Waals surface area contributed by atoms with E-state index in [4.69, 9.17) is 0 Å². The number of aryl methyl sites for hydroxylation is 2. The monoisotopic (exact) mass is 247 g/mol. The number of hydrogen-bond donors (Lipinski definition) is 1. The van der Waals surface area contributed by atoms with Crippen LogP contribution in [0.15, 0.2) is 18.7 Å². The van der Waals surface area contributed by atoms with Gasteiger partial charge >= 0.3 is 0 Å². The molecule has 0 bridgehead atoms. The van der Waals surface area contributed by atoms with Crippen molar-refractivity contribution in [1.82, 2.24) is 24.6 Å². The minimum atomic E-state index is 0.125. The predicted molar refractivity (Wildman–Crippen MR) is 71.3 cm³/mol. The molecule has 0 radical (unpaired) electrons. The summed E-state index contributed by atoms with van der Waals surface area (Å²) in [5.74, 6) is 0. The van der Waals surface area contributed by atoms with Crippen molar-refractivity contribution >= 4 is 0 Å². The molecule has 1 atom stereocenters. The van der Waals surface area contributed by atoms with E-state index in [1.165, 1.54) is 11.3 Å². The second-order valence-corrected chi connectivity index (χ2v) is 4.66. The molecule has 2 aromatic heterocycles. The highest BCUT2D eigenvalue weighted by atomic mass is 15.3. The molecule has 18 heavy (non-hydrogen) atoms. The molecule has 98 valence electrons.